The van der Waals surface area contributed by atoms with Gasteiger partial charge in [-0.3, -0.25) is 9.36 Å². The van der Waals surface area contributed by atoms with Crippen molar-refractivity contribution in [1.29, 1.82) is 0 Å². The second kappa shape index (κ2) is 7.84. The van der Waals surface area contributed by atoms with Crippen LogP contribution in [-0.4, -0.2) is 15.6 Å². The highest BCUT2D eigenvalue weighted by molar-refractivity contribution is 9.10. The van der Waals surface area contributed by atoms with Gasteiger partial charge in [0.1, 0.15) is 17.3 Å². The summed E-state index contributed by atoms with van der Waals surface area (Å²) in [5, 5.41) is 10.8. The normalized spacial score (nSPS) is 11.0. The molecule has 0 aliphatic heterocycles. The molecule has 0 amide bonds. The number of benzene rings is 3. The maximum absolute atomic E-state index is 13.7. The molecule has 0 radical (unpaired) electrons. The van der Waals surface area contributed by atoms with E-state index in [4.69, 9.17) is 0 Å². The van der Waals surface area contributed by atoms with Gasteiger partial charge in [-0.2, -0.15) is 0 Å². The number of hydrogen-bond donors (Lipinski definition) is 1. The molecular formula is C23H14BrF2NO3. The Labute approximate surface area is 178 Å². The van der Waals surface area contributed by atoms with E-state index in [2.05, 4.69) is 15.9 Å². The zero-order chi connectivity index (χ0) is 21.4. The Morgan fingerprint density at radius 2 is 1.60 bits per heavy atom. The minimum absolute atomic E-state index is 0.146. The summed E-state index contributed by atoms with van der Waals surface area (Å²) in [6.45, 7) is -0.291. The number of halogens is 3. The molecule has 1 heterocycles. The molecule has 0 bridgehead atoms. The summed E-state index contributed by atoms with van der Waals surface area (Å²) < 4.78 is 29.1. The van der Waals surface area contributed by atoms with Crippen molar-refractivity contribution >= 4 is 32.7 Å². The second-order valence-corrected chi connectivity index (χ2v) is 7.67. The van der Waals surface area contributed by atoms with Crippen LogP contribution < -0.4 is 5.56 Å². The van der Waals surface area contributed by atoms with Crippen LogP contribution >= 0.6 is 15.9 Å². The van der Waals surface area contributed by atoms with E-state index in [1.807, 2.05) is 0 Å². The van der Waals surface area contributed by atoms with E-state index in [1.54, 1.807) is 48.5 Å². The Hall–Kier alpha value is -3.32. The summed E-state index contributed by atoms with van der Waals surface area (Å²) in [5.74, 6) is -2.92. The maximum atomic E-state index is 13.7. The number of fused-ring (bicyclic) bond motifs is 1. The average molecular weight is 470 g/mol. The average Bonchev–Trinajstić information content (AvgIpc) is 2.69. The van der Waals surface area contributed by atoms with Crippen LogP contribution in [-0.2, 0) is 6.54 Å². The molecule has 4 rings (SSSR count). The fourth-order valence-electron chi connectivity index (χ4n) is 3.57. The van der Waals surface area contributed by atoms with E-state index < -0.39 is 23.2 Å². The van der Waals surface area contributed by atoms with E-state index in [0.717, 1.165) is 22.8 Å². The molecule has 0 atom stereocenters. The maximum Gasteiger partial charge on any atom is 0.353 e. The third-order valence-electron chi connectivity index (χ3n) is 4.76. The molecule has 1 N–H and O–H groups in total. The first-order valence-corrected chi connectivity index (χ1v) is 9.74. The van der Waals surface area contributed by atoms with Gasteiger partial charge in [-0.05, 0) is 46.8 Å². The smallest absolute Gasteiger partial charge is 0.353 e. The molecule has 0 saturated heterocycles. The van der Waals surface area contributed by atoms with Crippen molar-refractivity contribution < 1.29 is 18.7 Å². The van der Waals surface area contributed by atoms with Gasteiger partial charge in [0, 0.05) is 21.5 Å². The monoisotopic (exact) mass is 469 g/mol. The van der Waals surface area contributed by atoms with Gasteiger partial charge >= 0.3 is 5.97 Å². The number of carbonyl (C=O) groups is 1. The minimum Gasteiger partial charge on any atom is -0.477 e. The molecule has 0 aliphatic carbocycles. The number of nitrogens with zero attached hydrogens (tertiary/aromatic N) is 1. The summed E-state index contributed by atoms with van der Waals surface area (Å²) >= 11 is 3.37. The topological polar surface area (TPSA) is 59.3 Å². The van der Waals surface area contributed by atoms with Crippen LogP contribution in [0.5, 0.6) is 0 Å². The number of carboxylic acid groups (broad SMARTS) is 1. The Morgan fingerprint density at radius 1 is 0.933 bits per heavy atom. The summed E-state index contributed by atoms with van der Waals surface area (Å²) in [4.78, 5) is 25.5. The van der Waals surface area contributed by atoms with E-state index in [9.17, 15) is 23.5 Å². The highest BCUT2D eigenvalue weighted by Crippen LogP contribution is 2.32. The van der Waals surface area contributed by atoms with Crippen LogP contribution in [0.4, 0.5) is 8.78 Å². The third kappa shape index (κ3) is 3.64. The van der Waals surface area contributed by atoms with Crippen LogP contribution in [0, 0.1) is 11.6 Å². The van der Waals surface area contributed by atoms with Crippen molar-refractivity contribution in [1.82, 2.24) is 4.57 Å². The van der Waals surface area contributed by atoms with E-state index in [-0.39, 0.29) is 17.8 Å². The molecule has 0 fully saturated rings. The molecule has 1 aromatic heterocycles. The summed E-state index contributed by atoms with van der Waals surface area (Å²) in [5.41, 5.74) is 0.307. The number of rotatable bonds is 4. The Bertz CT molecular complexity index is 1330. The molecule has 4 aromatic rings. The van der Waals surface area contributed by atoms with Gasteiger partial charge in [-0.1, -0.05) is 46.3 Å². The van der Waals surface area contributed by atoms with Crippen LogP contribution in [0.2, 0.25) is 0 Å². The molecule has 30 heavy (non-hydrogen) atoms. The van der Waals surface area contributed by atoms with Gasteiger partial charge in [0.2, 0.25) is 0 Å². The Morgan fingerprint density at radius 3 is 2.23 bits per heavy atom. The molecule has 0 unspecified atom stereocenters. The summed E-state index contributed by atoms with van der Waals surface area (Å²) in [7, 11) is 0. The number of pyridine rings is 1. The fraction of sp³-hybridized carbons (Fsp3) is 0.0435. The largest absolute Gasteiger partial charge is 0.477 e. The van der Waals surface area contributed by atoms with Crippen LogP contribution in [0.15, 0.2) is 76.0 Å². The van der Waals surface area contributed by atoms with Crippen molar-refractivity contribution in [2.45, 2.75) is 6.54 Å². The number of carboxylic acids is 1. The quantitative estimate of drug-likeness (QED) is 0.431. The van der Waals surface area contributed by atoms with Crippen molar-refractivity contribution in [3.8, 4) is 11.1 Å². The zero-order valence-electron chi connectivity index (χ0n) is 15.4. The first-order valence-electron chi connectivity index (χ1n) is 8.95. The van der Waals surface area contributed by atoms with Gasteiger partial charge in [0.15, 0.2) is 0 Å². The van der Waals surface area contributed by atoms with Gasteiger partial charge in [0.25, 0.3) is 5.56 Å². The van der Waals surface area contributed by atoms with Crippen molar-refractivity contribution in [2.24, 2.45) is 0 Å². The molecule has 3 aromatic carbocycles. The van der Waals surface area contributed by atoms with Crippen LogP contribution in [0.25, 0.3) is 21.9 Å². The number of aromatic carboxylic acids is 1. The molecule has 7 heteroatoms. The highest BCUT2D eigenvalue weighted by Gasteiger charge is 2.23. The van der Waals surface area contributed by atoms with Crippen molar-refractivity contribution in [3.05, 3.63) is 104 Å². The SMILES string of the molecule is O=C(O)c1c(-c2ccccc2)c2cc(Br)ccc2c(=O)n1Cc1cc(F)cc(F)c1. The van der Waals surface area contributed by atoms with Gasteiger partial charge in [-0.15, -0.1) is 0 Å². The van der Waals surface area contributed by atoms with Crippen molar-refractivity contribution in [3.63, 3.8) is 0 Å². The summed E-state index contributed by atoms with van der Waals surface area (Å²) in [6, 6.07) is 16.7. The molecule has 0 saturated carbocycles. The number of hydrogen-bond acceptors (Lipinski definition) is 2. The molecule has 0 aliphatic rings. The molecule has 150 valence electrons. The third-order valence-corrected chi connectivity index (χ3v) is 5.25. The Kier molecular flexibility index (Phi) is 5.22. The predicted molar refractivity (Wildman–Crippen MR) is 114 cm³/mol. The lowest BCUT2D eigenvalue weighted by atomic mass is 9.96. The van der Waals surface area contributed by atoms with Crippen LogP contribution in [0.3, 0.4) is 0 Å². The van der Waals surface area contributed by atoms with E-state index in [0.29, 0.717) is 26.4 Å². The first-order chi connectivity index (χ1) is 14.3. The molecular weight excluding hydrogens is 456 g/mol. The van der Waals surface area contributed by atoms with Gasteiger partial charge < -0.3 is 5.11 Å². The van der Waals surface area contributed by atoms with Crippen molar-refractivity contribution in [2.75, 3.05) is 0 Å². The summed E-state index contributed by atoms with van der Waals surface area (Å²) in [6.07, 6.45) is 0. The lowest BCUT2D eigenvalue weighted by Crippen LogP contribution is -2.28. The minimum atomic E-state index is -1.32. The first kappa shape index (κ1) is 20.0. The fourth-order valence-corrected chi connectivity index (χ4v) is 3.94. The highest BCUT2D eigenvalue weighted by atomic mass is 79.9. The van der Waals surface area contributed by atoms with Gasteiger partial charge in [-0.25, -0.2) is 13.6 Å². The Balaban J connectivity index is 2.11. The lowest BCUT2D eigenvalue weighted by molar-refractivity contribution is 0.0685. The standard InChI is InChI=1S/C23H14BrF2NO3/c24-15-6-7-18-19(10-15)20(14-4-2-1-3-5-14)21(23(29)30)27(22(18)28)12-13-8-16(25)11-17(26)9-13/h1-11H,12H2,(H,29,30). The molecule has 4 nitrogen and oxygen atoms in total. The lowest BCUT2D eigenvalue weighted by Gasteiger charge is -2.18. The van der Waals surface area contributed by atoms with Crippen LogP contribution in [0.1, 0.15) is 16.1 Å². The van der Waals surface area contributed by atoms with E-state index in [1.165, 1.54) is 0 Å². The second-order valence-electron chi connectivity index (χ2n) is 6.75. The zero-order valence-corrected chi connectivity index (χ0v) is 17.0. The molecule has 0 spiro atoms. The predicted octanol–water partition coefficient (Wildman–Crippen LogP) is 5.46. The number of aromatic nitrogens is 1. The van der Waals surface area contributed by atoms with Gasteiger partial charge in [0.05, 0.1) is 6.54 Å². The van der Waals surface area contributed by atoms with E-state index >= 15 is 0 Å².